The van der Waals surface area contributed by atoms with Gasteiger partial charge >= 0.3 is 0 Å². The van der Waals surface area contributed by atoms with Crippen LogP contribution in [0.5, 0.6) is 0 Å². The van der Waals surface area contributed by atoms with Crippen molar-refractivity contribution in [3.05, 3.63) is 59.9 Å². The number of piperidine rings is 1. The highest BCUT2D eigenvalue weighted by Gasteiger charge is 2.25. The SMILES string of the molecule is CCc1ccc(NC(=S)N2CCC[C@H](c3nc4ccccc4[nH]3)C2)cc1. The van der Waals surface area contributed by atoms with E-state index in [0.717, 1.165) is 60.0 Å². The number of benzene rings is 2. The van der Waals surface area contributed by atoms with Crippen molar-refractivity contribution in [1.82, 2.24) is 14.9 Å². The van der Waals surface area contributed by atoms with E-state index in [4.69, 9.17) is 17.2 Å². The van der Waals surface area contributed by atoms with Gasteiger partial charge in [-0.1, -0.05) is 31.2 Å². The van der Waals surface area contributed by atoms with Crippen molar-refractivity contribution in [2.75, 3.05) is 18.4 Å². The fourth-order valence-electron chi connectivity index (χ4n) is 3.58. The molecule has 1 aliphatic heterocycles. The molecule has 1 saturated heterocycles. The number of anilines is 1. The number of aromatic nitrogens is 2. The molecule has 5 heteroatoms. The Morgan fingerprint density at radius 2 is 2.04 bits per heavy atom. The standard InChI is InChI=1S/C21H24N4S/c1-2-15-9-11-17(12-10-15)22-21(26)25-13-5-6-16(14-25)20-23-18-7-3-4-8-19(18)24-20/h3-4,7-12,16H,2,5-6,13-14H2,1H3,(H,22,26)(H,23,24)/t16-/m0/s1. The third kappa shape index (κ3) is 3.58. The van der Waals surface area contributed by atoms with E-state index in [1.807, 2.05) is 12.1 Å². The summed E-state index contributed by atoms with van der Waals surface area (Å²) in [6, 6.07) is 16.7. The number of para-hydroxylation sites is 2. The Labute approximate surface area is 159 Å². The van der Waals surface area contributed by atoms with E-state index in [0.29, 0.717) is 5.92 Å². The Bertz CT molecular complexity index is 867. The second-order valence-corrected chi connectivity index (χ2v) is 7.29. The lowest BCUT2D eigenvalue weighted by atomic mass is 9.98. The number of aryl methyl sites for hydroxylation is 1. The Balaban J connectivity index is 1.44. The number of rotatable bonds is 3. The minimum atomic E-state index is 0.387. The molecule has 1 fully saturated rings. The van der Waals surface area contributed by atoms with Crippen molar-refractivity contribution in [2.45, 2.75) is 32.1 Å². The minimum absolute atomic E-state index is 0.387. The van der Waals surface area contributed by atoms with Gasteiger partial charge in [0.15, 0.2) is 5.11 Å². The fraction of sp³-hybridized carbons (Fsp3) is 0.333. The van der Waals surface area contributed by atoms with Crippen LogP contribution >= 0.6 is 12.2 Å². The first-order chi connectivity index (χ1) is 12.7. The first-order valence-electron chi connectivity index (χ1n) is 9.32. The predicted octanol–water partition coefficient (Wildman–Crippen LogP) is 4.70. The van der Waals surface area contributed by atoms with Crippen LogP contribution in [0.1, 0.15) is 37.1 Å². The molecular formula is C21H24N4S. The average molecular weight is 365 g/mol. The fourth-order valence-corrected chi connectivity index (χ4v) is 3.86. The Morgan fingerprint density at radius 3 is 2.81 bits per heavy atom. The van der Waals surface area contributed by atoms with Crippen molar-refractivity contribution in [3.8, 4) is 0 Å². The number of hydrogen-bond acceptors (Lipinski definition) is 2. The van der Waals surface area contributed by atoms with E-state index >= 15 is 0 Å². The Kier molecular flexibility index (Phi) is 4.89. The molecule has 1 aliphatic rings. The first kappa shape index (κ1) is 17.0. The van der Waals surface area contributed by atoms with Crippen LogP contribution in [0, 0.1) is 0 Å². The molecule has 26 heavy (non-hydrogen) atoms. The van der Waals surface area contributed by atoms with Crippen LogP contribution in [0.2, 0.25) is 0 Å². The molecular weight excluding hydrogens is 340 g/mol. The van der Waals surface area contributed by atoms with Gasteiger partial charge in [0.1, 0.15) is 5.82 Å². The van der Waals surface area contributed by atoms with Gasteiger partial charge < -0.3 is 15.2 Å². The van der Waals surface area contributed by atoms with E-state index in [-0.39, 0.29) is 0 Å². The predicted molar refractivity (Wildman–Crippen MR) is 112 cm³/mol. The van der Waals surface area contributed by atoms with E-state index < -0.39 is 0 Å². The van der Waals surface area contributed by atoms with Gasteiger partial charge in [-0.15, -0.1) is 0 Å². The van der Waals surface area contributed by atoms with Gasteiger partial charge in [-0.2, -0.15) is 0 Å². The second kappa shape index (κ2) is 7.46. The normalized spacial score (nSPS) is 17.4. The van der Waals surface area contributed by atoms with E-state index in [9.17, 15) is 0 Å². The summed E-state index contributed by atoms with van der Waals surface area (Å²) in [4.78, 5) is 10.5. The largest absolute Gasteiger partial charge is 0.348 e. The topological polar surface area (TPSA) is 44.0 Å². The van der Waals surface area contributed by atoms with Crippen LogP contribution in [0.4, 0.5) is 5.69 Å². The highest BCUT2D eigenvalue weighted by atomic mass is 32.1. The number of aromatic amines is 1. The molecule has 0 radical (unpaired) electrons. The highest BCUT2D eigenvalue weighted by Crippen LogP contribution is 2.27. The molecule has 2 N–H and O–H groups in total. The zero-order chi connectivity index (χ0) is 17.9. The number of nitrogens with zero attached hydrogens (tertiary/aromatic N) is 2. The van der Waals surface area contributed by atoms with Crippen molar-refractivity contribution >= 4 is 34.1 Å². The molecule has 2 aromatic carbocycles. The van der Waals surface area contributed by atoms with Crippen molar-refractivity contribution in [2.24, 2.45) is 0 Å². The van der Waals surface area contributed by atoms with Crippen LogP contribution in [0.25, 0.3) is 11.0 Å². The molecule has 3 aromatic rings. The lowest BCUT2D eigenvalue weighted by molar-refractivity contribution is 0.307. The number of likely N-dealkylation sites (tertiary alicyclic amines) is 1. The molecule has 0 amide bonds. The maximum atomic E-state index is 5.67. The number of nitrogens with one attached hydrogen (secondary N) is 2. The number of hydrogen-bond donors (Lipinski definition) is 2. The molecule has 1 aromatic heterocycles. The number of thiocarbonyl (C=S) groups is 1. The minimum Gasteiger partial charge on any atom is -0.348 e. The van der Waals surface area contributed by atoms with Crippen molar-refractivity contribution < 1.29 is 0 Å². The van der Waals surface area contributed by atoms with Gasteiger partial charge in [-0.25, -0.2) is 4.98 Å². The van der Waals surface area contributed by atoms with Gasteiger partial charge in [0.25, 0.3) is 0 Å². The summed E-state index contributed by atoms with van der Waals surface area (Å²) in [5.41, 5.74) is 4.54. The van der Waals surface area contributed by atoms with Crippen molar-refractivity contribution in [1.29, 1.82) is 0 Å². The zero-order valence-corrected chi connectivity index (χ0v) is 15.9. The highest BCUT2D eigenvalue weighted by molar-refractivity contribution is 7.80. The molecule has 1 atom stereocenters. The molecule has 4 rings (SSSR count). The van der Waals surface area contributed by atoms with Crippen LogP contribution in [-0.4, -0.2) is 33.1 Å². The molecule has 134 valence electrons. The molecule has 0 unspecified atom stereocenters. The molecule has 0 bridgehead atoms. The van der Waals surface area contributed by atoms with E-state index in [1.54, 1.807) is 0 Å². The number of imidazole rings is 1. The van der Waals surface area contributed by atoms with Gasteiger partial charge in [0.05, 0.1) is 11.0 Å². The van der Waals surface area contributed by atoms with Crippen LogP contribution in [-0.2, 0) is 6.42 Å². The van der Waals surface area contributed by atoms with E-state index in [2.05, 4.69) is 58.5 Å². The summed E-state index contributed by atoms with van der Waals surface area (Å²) in [6.45, 7) is 4.06. The Hall–Kier alpha value is -2.40. The Morgan fingerprint density at radius 1 is 1.23 bits per heavy atom. The lowest BCUT2D eigenvalue weighted by Crippen LogP contribution is -2.41. The number of fused-ring (bicyclic) bond motifs is 1. The maximum Gasteiger partial charge on any atom is 0.173 e. The zero-order valence-electron chi connectivity index (χ0n) is 15.0. The van der Waals surface area contributed by atoms with Gasteiger partial charge in [0, 0.05) is 24.7 Å². The lowest BCUT2D eigenvalue weighted by Gasteiger charge is -2.33. The first-order valence-corrected chi connectivity index (χ1v) is 9.73. The van der Waals surface area contributed by atoms with Gasteiger partial charge in [-0.05, 0) is 61.3 Å². The molecule has 4 nitrogen and oxygen atoms in total. The quantitative estimate of drug-likeness (QED) is 0.661. The third-order valence-electron chi connectivity index (χ3n) is 5.12. The summed E-state index contributed by atoms with van der Waals surface area (Å²) < 4.78 is 0. The summed E-state index contributed by atoms with van der Waals surface area (Å²) in [5, 5.41) is 4.19. The average Bonchev–Trinajstić information content (AvgIpc) is 3.13. The van der Waals surface area contributed by atoms with Gasteiger partial charge in [0.2, 0.25) is 0 Å². The second-order valence-electron chi connectivity index (χ2n) is 6.90. The van der Waals surface area contributed by atoms with Crippen molar-refractivity contribution in [3.63, 3.8) is 0 Å². The summed E-state index contributed by atoms with van der Waals surface area (Å²) in [7, 11) is 0. The van der Waals surface area contributed by atoms with Crippen LogP contribution in [0.3, 0.4) is 0 Å². The summed E-state index contributed by atoms with van der Waals surface area (Å²) in [6.07, 6.45) is 3.32. The van der Waals surface area contributed by atoms with Crippen LogP contribution < -0.4 is 5.32 Å². The molecule has 2 heterocycles. The summed E-state index contributed by atoms with van der Waals surface area (Å²) in [5.74, 6) is 1.46. The maximum absolute atomic E-state index is 5.67. The molecule has 0 aliphatic carbocycles. The van der Waals surface area contributed by atoms with Gasteiger partial charge in [-0.3, -0.25) is 0 Å². The molecule has 0 saturated carbocycles. The van der Waals surface area contributed by atoms with E-state index in [1.165, 1.54) is 5.56 Å². The third-order valence-corrected chi connectivity index (χ3v) is 5.48. The summed E-state index contributed by atoms with van der Waals surface area (Å²) >= 11 is 5.67. The monoisotopic (exact) mass is 364 g/mol. The van der Waals surface area contributed by atoms with Crippen LogP contribution in [0.15, 0.2) is 48.5 Å². The molecule has 0 spiro atoms. The smallest absolute Gasteiger partial charge is 0.173 e. The number of H-pyrrole nitrogens is 1.